The van der Waals surface area contributed by atoms with Crippen molar-refractivity contribution in [2.75, 3.05) is 20.5 Å². The number of fused-ring (bicyclic) bond motifs is 2. The van der Waals surface area contributed by atoms with Gasteiger partial charge in [-0.2, -0.15) is 0 Å². The van der Waals surface area contributed by atoms with Crippen LogP contribution in [0.3, 0.4) is 0 Å². The largest absolute Gasteiger partial charge is 0.310 e. The number of rotatable bonds is 19. The summed E-state index contributed by atoms with van der Waals surface area (Å²) in [6.45, 7) is 0. The lowest BCUT2D eigenvalue weighted by Crippen LogP contribution is -2.11. The van der Waals surface area contributed by atoms with Gasteiger partial charge in [0.05, 0.1) is 11.4 Å². The molecule has 2 nitrogen and oxygen atoms in total. The zero-order valence-electron chi connectivity index (χ0n) is 34.5. The molecule has 8 aromatic rings. The van der Waals surface area contributed by atoms with E-state index in [0.717, 1.165) is 46.3 Å². The van der Waals surface area contributed by atoms with Crippen molar-refractivity contribution in [2.45, 2.75) is 64.2 Å². The van der Waals surface area contributed by atoms with Crippen LogP contribution < -0.4 is 9.80 Å². The topological polar surface area (TPSA) is 6.48 Å². The van der Waals surface area contributed by atoms with Gasteiger partial charge in [0.25, 0.3) is 0 Å². The van der Waals surface area contributed by atoms with Crippen LogP contribution in [-0.4, -0.2) is 10.7 Å². The summed E-state index contributed by atoms with van der Waals surface area (Å²) in [6.07, 6.45) is 12.2. The van der Waals surface area contributed by atoms with Gasteiger partial charge in [-0.1, -0.05) is 179 Å². The minimum Gasteiger partial charge on any atom is -0.310 e. The van der Waals surface area contributed by atoms with Gasteiger partial charge < -0.3 is 9.80 Å². The number of benzene rings is 8. The van der Waals surface area contributed by atoms with Crippen LogP contribution in [0, 0.1) is 0 Å². The van der Waals surface area contributed by atoms with Crippen LogP contribution in [0.4, 0.5) is 34.1 Å². The Kier molecular flexibility index (Phi) is 14.5. The second-order valence-electron chi connectivity index (χ2n) is 15.7. The van der Waals surface area contributed by atoms with Crippen molar-refractivity contribution in [3.8, 4) is 11.1 Å². The Morgan fingerprint density at radius 2 is 0.617 bits per heavy atom. The number of anilines is 6. The first-order valence-corrected chi connectivity index (χ1v) is 24.0. The monoisotopic (exact) mass is 912 g/mol. The number of nitrogens with zero attached hydrogens (tertiary/aromatic N) is 2. The fourth-order valence-corrected chi connectivity index (χ4v) is 9.45. The summed E-state index contributed by atoms with van der Waals surface area (Å²) >= 11 is 7.17. The molecule has 8 aromatic carbocycles. The Labute approximate surface area is 374 Å². The zero-order chi connectivity index (χ0) is 40.9. The molecule has 0 aliphatic heterocycles. The number of aryl methyl sites for hydroxylation is 2. The molecule has 302 valence electrons. The summed E-state index contributed by atoms with van der Waals surface area (Å²) in [4.78, 5) is 4.82. The van der Waals surface area contributed by atoms with Crippen molar-refractivity contribution in [1.82, 2.24) is 0 Å². The first-order valence-electron chi connectivity index (χ1n) is 21.8. The maximum Gasteiger partial charge on any atom is 0.0540 e. The summed E-state index contributed by atoms with van der Waals surface area (Å²) in [5, 5.41) is 7.44. The summed E-state index contributed by atoms with van der Waals surface area (Å²) in [5.74, 6) is 0. The molecular formula is C56H54Br2N2. The molecule has 4 heteroatoms. The maximum atomic E-state index is 3.59. The van der Waals surface area contributed by atoms with Crippen LogP contribution in [-0.2, 0) is 12.8 Å². The quantitative estimate of drug-likeness (QED) is 0.0589. The average molecular weight is 915 g/mol. The van der Waals surface area contributed by atoms with Crippen LogP contribution >= 0.6 is 31.9 Å². The van der Waals surface area contributed by atoms with Gasteiger partial charge in [-0.15, -0.1) is 0 Å². The Hall–Kier alpha value is -5.16. The predicted molar refractivity (Wildman–Crippen MR) is 268 cm³/mol. The highest BCUT2D eigenvalue weighted by Gasteiger charge is 2.19. The van der Waals surface area contributed by atoms with Crippen molar-refractivity contribution in [1.29, 1.82) is 0 Å². The molecule has 0 amide bonds. The number of unbranched alkanes of at least 4 members (excludes halogenated alkanes) is 6. The van der Waals surface area contributed by atoms with Crippen molar-refractivity contribution in [3.63, 3.8) is 0 Å². The number of alkyl halides is 2. The number of hydrogen-bond acceptors (Lipinski definition) is 2. The second kappa shape index (κ2) is 20.9. The summed E-state index contributed by atoms with van der Waals surface area (Å²) < 4.78 is 0. The van der Waals surface area contributed by atoms with E-state index >= 15 is 0 Å². The lowest BCUT2D eigenvalue weighted by Gasteiger charge is -2.28. The van der Waals surface area contributed by atoms with Crippen LogP contribution in [0.25, 0.3) is 32.7 Å². The highest BCUT2D eigenvalue weighted by atomic mass is 79.9. The highest BCUT2D eigenvalue weighted by molar-refractivity contribution is 9.09. The van der Waals surface area contributed by atoms with E-state index in [2.05, 4.69) is 224 Å². The molecule has 0 aliphatic carbocycles. The van der Waals surface area contributed by atoms with E-state index in [0.29, 0.717) is 0 Å². The third kappa shape index (κ3) is 9.72. The molecule has 0 radical (unpaired) electrons. The van der Waals surface area contributed by atoms with Gasteiger partial charge in [-0.3, -0.25) is 0 Å². The molecule has 0 fully saturated rings. The smallest absolute Gasteiger partial charge is 0.0540 e. The minimum atomic E-state index is 1.09. The van der Waals surface area contributed by atoms with Gasteiger partial charge in [-0.05, 0) is 132 Å². The van der Waals surface area contributed by atoms with Crippen molar-refractivity contribution in [3.05, 3.63) is 193 Å². The fraction of sp³-hybridized carbons (Fsp3) is 0.214. The van der Waals surface area contributed by atoms with Gasteiger partial charge in [0.1, 0.15) is 0 Å². The third-order valence-corrected chi connectivity index (χ3v) is 12.9. The summed E-state index contributed by atoms with van der Waals surface area (Å²) in [6, 6.07) is 67.0. The Morgan fingerprint density at radius 3 is 1.00 bits per heavy atom. The third-order valence-electron chi connectivity index (χ3n) is 11.7. The van der Waals surface area contributed by atoms with Crippen molar-refractivity contribution >= 4 is 87.5 Å². The first kappa shape index (κ1) is 41.6. The van der Waals surface area contributed by atoms with Crippen LogP contribution in [0.2, 0.25) is 0 Å². The predicted octanol–water partition coefficient (Wildman–Crippen LogP) is 17.6. The van der Waals surface area contributed by atoms with E-state index in [4.69, 9.17) is 0 Å². The molecule has 0 saturated carbocycles. The van der Waals surface area contributed by atoms with Gasteiger partial charge in [0, 0.05) is 44.2 Å². The molecule has 0 unspecified atom stereocenters. The van der Waals surface area contributed by atoms with E-state index in [1.165, 1.54) is 107 Å². The molecule has 0 atom stereocenters. The highest BCUT2D eigenvalue weighted by Crippen LogP contribution is 2.43. The molecular weight excluding hydrogens is 860 g/mol. The van der Waals surface area contributed by atoms with E-state index in [9.17, 15) is 0 Å². The van der Waals surface area contributed by atoms with E-state index in [1.54, 1.807) is 0 Å². The lowest BCUT2D eigenvalue weighted by molar-refractivity contribution is 0.673. The normalized spacial score (nSPS) is 11.3. The van der Waals surface area contributed by atoms with Crippen LogP contribution in [0.1, 0.15) is 62.5 Å². The van der Waals surface area contributed by atoms with Crippen LogP contribution in [0.15, 0.2) is 182 Å². The van der Waals surface area contributed by atoms with Gasteiger partial charge in [-0.25, -0.2) is 0 Å². The van der Waals surface area contributed by atoms with E-state index in [-0.39, 0.29) is 0 Å². The van der Waals surface area contributed by atoms with Crippen LogP contribution in [0.5, 0.6) is 0 Å². The van der Waals surface area contributed by atoms with Crippen molar-refractivity contribution in [2.24, 2.45) is 0 Å². The molecule has 0 aromatic heterocycles. The molecule has 0 saturated heterocycles. The SMILES string of the molecule is BrCCCCCCc1ccc(N(c2ccccc2)c2ccc(-c3ccc(N(c4ccccc4)c4ccc(CCCCCCBr)c5ccccc45)cc3)cc2)c2ccccc12. The Balaban J connectivity index is 1.09. The zero-order valence-corrected chi connectivity index (χ0v) is 37.6. The molecule has 60 heavy (non-hydrogen) atoms. The van der Waals surface area contributed by atoms with Crippen molar-refractivity contribution < 1.29 is 0 Å². The minimum absolute atomic E-state index is 1.09. The second-order valence-corrected chi connectivity index (χ2v) is 17.3. The Bertz CT molecular complexity index is 2390. The lowest BCUT2D eigenvalue weighted by atomic mass is 9.97. The van der Waals surface area contributed by atoms with Gasteiger partial charge in [0.15, 0.2) is 0 Å². The molecule has 8 rings (SSSR count). The number of hydrogen-bond donors (Lipinski definition) is 0. The standard InChI is InChI=1S/C56H54Br2N2/c57-41-17-3-1-7-19-45-33-39-55(53-27-15-13-25-51(45)53)59(47-21-9-5-10-22-47)49-35-29-43(30-36-49)44-31-37-50(38-32-44)60(48-23-11-6-12-24-48)56-40-34-46(20-8-2-4-18-42-58)52-26-14-16-28-54(52)56/h5-6,9-16,21-40H,1-4,7-8,17-20,41-42H2. The first-order chi connectivity index (χ1) is 29.7. The van der Waals surface area contributed by atoms with Gasteiger partial charge >= 0.3 is 0 Å². The summed E-state index contributed by atoms with van der Waals surface area (Å²) in [7, 11) is 0. The molecule has 0 bridgehead atoms. The molecule has 0 N–H and O–H groups in total. The number of halogens is 2. The molecule has 0 heterocycles. The summed E-state index contributed by atoms with van der Waals surface area (Å²) in [5.41, 5.74) is 12.2. The average Bonchev–Trinajstić information content (AvgIpc) is 3.31. The molecule has 0 aliphatic rings. The fourth-order valence-electron chi connectivity index (χ4n) is 8.66. The van der Waals surface area contributed by atoms with E-state index < -0.39 is 0 Å². The maximum absolute atomic E-state index is 3.59. The van der Waals surface area contributed by atoms with Gasteiger partial charge in [0.2, 0.25) is 0 Å². The number of para-hydroxylation sites is 2. The van der Waals surface area contributed by atoms with E-state index in [1.807, 2.05) is 0 Å². The Morgan fingerprint density at radius 1 is 0.283 bits per heavy atom. The molecule has 0 spiro atoms.